The first-order valence-corrected chi connectivity index (χ1v) is 9.16. The molecule has 2 atom stereocenters. The fraction of sp³-hybridized carbons (Fsp3) is 0.579. The Bertz CT molecular complexity index is 623. The fourth-order valence-corrected chi connectivity index (χ4v) is 4.03. The lowest BCUT2D eigenvalue weighted by molar-refractivity contribution is -0.135. The minimum Gasteiger partial charge on any atom is -0.494 e. The molecule has 7 heteroatoms. The molecule has 3 rings (SSSR count). The van der Waals surface area contributed by atoms with Crippen LogP contribution in [0.25, 0.3) is 0 Å². The molecular formula is C19H28ClN3O3. The second kappa shape index (κ2) is 9.24. The molecule has 6 nitrogen and oxygen atoms in total. The molecule has 2 amide bonds. The summed E-state index contributed by atoms with van der Waals surface area (Å²) in [6.45, 7) is 4.17. The predicted octanol–water partition coefficient (Wildman–Crippen LogP) is 2.34. The van der Waals surface area contributed by atoms with E-state index >= 15 is 0 Å². The number of rotatable bonds is 6. The normalized spacial score (nSPS) is 24.1. The number of halogens is 1. The summed E-state index contributed by atoms with van der Waals surface area (Å²) in [4.78, 5) is 24.9. The van der Waals surface area contributed by atoms with Crippen molar-refractivity contribution in [3.05, 3.63) is 24.3 Å². The maximum Gasteiger partial charge on any atom is 0.243 e. The highest BCUT2D eigenvalue weighted by Gasteiger charge is 2.49. The quantitative estimate of drug-likeness (QED) is 0.706. The molecule has 1 heterocycles. The summed E-state index contributed by atoms with van der Waals surface area (Å²) in [6.07, 6.45) is 4.29. The van der Waals surface area contributed by atoms with Crippen molar-refractivity contribution in [2.24, 2.45) is 11.3 Å². The van der Waals surface area contributed by atoms with E-state index in [1.807, 2.05) is 19.1 Å². The molecule has 0 bridgehead atoms. The maximum atomic E-state index is 12.7. The molecule has 1 saturated heterocycles. The van der Waals surface area contributed by atoms with Crippen LogP contribution in [0.3, 0.4) is 0 Å². The molecule has 0 aromatic heterocycles. The number of fused-ring (bicyclic) bond motifs is 1. The summed E-state index contributed by atoms with van der Waals surface area (Å²) < 4.78 is 5.38. The zero-order valence-electron chi connectivity index (χ0n) is 15.2. The lowest BCUT2D eigenvalue weighted by Crippen LogP contribution is -2.49. The van der Waals surface area contributed by atoms with Crippen LogP contribution in [0.4, 0.5) is 5.69 Å². The van der Waals surface area contributed by atoms with Gasteiger partial charge in [-0.05, 0) is 56.5 Å². The van der Waals surface area contributed by atoms with Crippen molar-refractivity contribution in [1.82, 2.24) is 10.6 Å². The summed E-state index contributed by atoms with van der Waals surface area (Å²) in [5.74, 6) is 0.969. The van der Waals surface area contributed by atoms with Gasteiger partial charge in [0.05, 0.1) is 18.6 Å². The number of carbonyl (C=O) groups is 2. The van der Waals surface area contributed by atoms with Crippen LogP contribution in [0.15, 0.2) is 24.3 Å². The molecule has 0 radical (unpaired) electrons. The fourth-order valence-electron chi connectivity index (χ4n) is 4.03. The van der Waals surface area contributed by atoms with Crippen LogP contribution in [0.1, 0.15) is 32.6 Å². The zero-order valence-corrected chi connectivity index (χ0v) is 16.0. The van der Waals surface area contributed by atoms with Gasteiger partial charge in [-0.25, -0.2) is 0 Å². The number of carbonyl (C=O) groups excluding carboxylic acids is 2. The molecule has 1 aromatic carbocycles. The Morgan fingerprint density at radius 3 is 2.77 bits per heavy atom. The zero-order chi connectivity index (χ0) is 17.7. The van der Waals surface area contributed by atoms with Gasteiger partial charge in [0, 0.05) is 12.2 Å². The average Bonchev–Trinajstić information content (AvgIpc) is 3.07. The Morgan fingerprint density at radius 1 is 1.27 bits per heavy atom. The van der Waals surface area contributed by atoms with E-state index in [2.05, 4.69) is 16.0 Å². The Morgan fingerprint density at radius 2 is 2.04 bits per heavy atom. The van der Waals surface area contributed by atoms with Gasteiger partial charge < -0.3 is 20.7 Å². The van der Waals surface area contributed by atoms with Crippen LogP contribution in [-0.2, 0) is 9.59 Å². The maximum absolute atomic E-state index is 12.7. The smallest absolute Gasteiger partial charge is 0.243 e. The average molecular weight is 382 g/mol. The summed E-state index contributed by atoms with van der Waals surface area (Å²) >= 11 is 0. The lowest BCUT2D eigenvalue weighted by Gasteiger charge is -2.37. The van der Waals surface area contributed by atoms with Gasteiger partial charge in [-0.3, -0.25) is 9.59 Å². The Kier molecular flexibility index (Phi) is 7.29. The number of amides is 2. The van der Waals surface area contributed by atoms with Crippen molar-refractivity contribution in [3.8, 4) is 5.75 Å². The second-order valence-electron chi connectivity index (χ2n) is 6.92. The number of anilines is 1. The molecule has 144 valence electrons. The second-order valence-corrected chi connectivity index (χ2v) is 6.92. The highest BCUT2D eigenvalue weighted by atomic mass is 35.5. The molecule has 0 unspecified atom stereocenters. The molecule has 26 heavy (non-hydrogen) atoms. The summed E-state index contributed by atoms with van der Waals surface area (Å²) in [5.41, 5.74) is 0.372. The number of benzene rings is 1. The van der Waals surface area contributed by atoms with Crippen molar-refractivity contribution in [3.63, 3.8) is 0 Å². The molecule has 2 aliphatic rings. The third-order valence-corrected chi connectivity index (χ3v) is 5.35. The van der Waals surface area contributed by atoms with E-state index in [9.17, 15) is 9.59 Å². The van der Waals surface area contributed by atoms with Crippen LogP contribution in [0, 0.1) is 11.3 Å². The highest BCUT2D eigenvalue weighted by molar-refractivity contribution is 5.95. The third-order valence-electron chi connectivity index (χ3n) is 5.35. The number of nitrogens with one attached hydrogen (secondary N) is 3. The highest BCUT2D eigenvalue weighted by Crippen LogP contribution is 2.43. The third kappa shape index (κ3) is 4.48. The van der Waals surface area contributed by atoms with Gasteiger partial charge in [-0.1, -0.05) is 12.8 Å². The Labute approximate surface area is 160 Å². The number of hydrogen-bond acceptors (Lipinski definition) is 4. The van der Waals surface area contributed by atoms with E-state index in [0.29, 0.717) is 18.2 Å². The molecule has 0 spiro atoms. The molecule has 1 aromatic rings. The predicted molar refractivity (Wildman–Crippen MR) is 104 cm³/mol. The van der Waals surface area contributed by atoms with E-state index in [1.165, 1.54) is 6.42 Å². The topological polar surface area (TPSA) is 79.5 Å². The van der Waals surface area contributed by atoms with Crippen molar-refractivity contribution >= 4 is 29.9 Å². The van der Waals surface area contributed by atoms with Gasteiger partial charge in [0.1, 0.15) is 5.75 Å². The minimum absolute atomic E-state index is 0. The standard InChI is InChI=1S/C19H27N3O3.ClH/c1-2-25-16-8-6-15(7-9-16)22-17(23)12-21-18(24)19-10-4-3-5-14(19)11-20-13-19;/h6-9,14,20H,2-5,10-13H2,1H3,(H,21,24)(H,22,23);1H/t14-,19+;/m0./s1. The minimum atomic E-state index is -0.322. The van der Waals surface area contributed by atoms with Crippen LogP contribution >= 0.6 is 12.4 Å². The van der Waals surface area contributed by atoms with E-state index in [0.717, 1.165) is 38.1 Å². The Balaban J connectivity index is 0.00000243. The SMILES string of the molecule is CCOc1ccc(NC(=O)CNC(=O)[C@@]23CCCC[C@H]2CNC3)cc1.Cl. The van der Waals surface area contributed by atoms with Gasteiger partial charge in [-0.2, -0.15) is 0 Å². The van der Waals surface area contributed by atoms with E-state index < -0.39 is 0 Å². The van der Waals surface area contributed by atoms with Crippen LogP contribution in [0.2, 0.25) is 0 Å². The van der Waals surface area contributed by atoms with Crippen molar-refractivity contribution in [2.75, 3.05) is 31.6 Å². The first-order chi connectivity index (χ1) is 12.1. The van der Waals surface area contributed by atoms with Crippen molar-refractivity contribution in [2.45, 2.75) is 32.6 Å². The summed E-state index contributed by atoms with van der Waals surface area (Å²) in [6, 6.07) is 7.21. The summed E-state index contributed by atoms with van der Waals surface area (Å²) in [7, 11) is 0. The lowest BCUT2D eigenvalue weighted by atomic mass is 9.67. The molecule has 2 fully saturated rings. The van der Waals surface area contributed by atoms with Crippen LogP contribution < -0.4 is 20.7 Å². The molecule has 3 N–H and O–H groups in total. The van der Waals surface area contributed by atoms with Crippen molar-refractivity contribution < 1.29 is 14.3 Å². The van der Waals surface area contributed by atoms with Crippen LogP contribution in [-0.4, -0.2) is 38.1 Å². The molecule has 1 saturated carbocycles. The molecule has 1 aliphatic carbocycles. The number of hydrogen-bond donors (Lipinski definition) is 3. The Hall–Kier alpha value is -1.79. The largest absolute Gasteiger partial charge is 0.494 e. The van der Waals surface area contributed by atoms with Gasteiger partial charge in [0.25, 0.3) is 0 Å². The molecular weight excluding hydrogens is 354 g/mol. The van der Waals surface area contributed by atoms with Gasteiger partial charge in [0.2, 0.25) is 11.8 Å². The van der Waals surface area contributed by atoms with Gasteiger partial charge in [-0.15, -0.1) is 12.4 Å². The van der Waals surface area contributed by atoms with Crippen molar-refractivity contribution in [1.29, 1.82) is 0 Å². The van der Waals surface area contributed by atoms with Gasteiger partial charge in [0.15, 0.2) is 0 Å². The van der Waals surface area contributed by atoms with Crippen LogP contribution in [0.5, 0.6) is 5.75 Å². The van der Waals surface area contributed by atoms with E-state index in [-0.39, 0.29) is 36.2 Å². The van der Waals surface area contributed by atoms with E-state index in [1.54, 1.807) is 12.1 Å². The first-order valence-electron chi connectivity index (χ1n) is 9.16. The first kappa shape index (κ1) is 20.5. The monoisotopic (exact) mass is 381 g/mol. The van der Waals surface area contributed by atoms with Gasteiger partial charge >= 0.3 is 0 Å². The molecule has 1 aliphatic heterocycles. The van der Waals surface area contributed by atoms with E-state index in [4.69, 9.17) is 4.74 Å². The number of ether oxygens (including phenoxy) is 1. The summed E-state index contributed by atoms with van der Waals surface area (Å²) in [5, 5.41) is 9.01.